The maximum Gasteiger partial charge on any atom is 0.241 e. The molecule has 8 heteroatoms. The third-order valence-corrected chi connectivity index (χ3v) is 3.88. The van der Waals surface area contributed by atoms with Crippen LogP contribution in [0.3, 0.4) is 0 Å². The van der Waals surface area contributed by atoms with Crippen molar-refractivity contribution in [3.63, 3.8) is 0 Å². The Balaban J connectivity index is 1.89. The maximum absolute atomic E-state index is 12.0. The SMILES string of the molecule is Cc1nnc(CCNC(=O)[C@H](N)c2c(C)n[nH]c2C)s1. The predicted octanol–water partition coefficient (Wildman–Crippen LogP) is 0.545. The first kappa shape index (κ1) is 14.6. The summed E-state index contributed by atoms with van der Waals surface area (Å²) in [7, 11) is 0. The van der Waals surface area contributed by atoms with Gasteiger partial charge < -0.3 is 11.1 Å². The highest BCUT2D eigenvalue weighted by molar-refractivity contribution is 7.11. The van der Waals surface area contributed by atoms with Crippen molar-refractivity contribution >= 4 is 17.2 Å². The molecule has 0 aliphatic carbocycles. The zero-order valence-electron chi connectivity index (χ0n) is 11.7. The first-order valence-electron chi connectivity index (χ1n) is 6.32. The van der Waals surface area contributed by atoms with E-state index in [9.17, 15) is 4.79 Å². The third kappa shape index (κ3) is 3.20. The lowest BCUT2D eigenvalue weighted by Crippen LogP contribution is -2.35. The van der Waals surface area contributed by atoms with Crippen LogP contribution < -0.4 is 11.1 Å². The molecule has 0 aliphatic heterocycles. The summed E-state index contributed by atoms with van der Waals surface area (Å²) in [6.45, 7) is 6.08. The zero-order chi connectivity index (χ0) is 14.7. The molecule has 0 saturated carbocycles. The number of amides is 1. The van der Waals surface area contributed by atoms with Gasteiger partial charge in [-0.3, -0.25) is 9.89 Å². The van der Waals surface area contributed by atoms with Crippen molar-refractivity contribution in [2.45, 2.75) is 33.2 Å². The molecular formula is C12H18N6OS. The highest BCUT2D eigenvalue weighted by atomic mass is 32.1. The molecule has 1 amide bonds. The number of nitrogens with one attached hydrogen (secondary N) is 2. The van der Waals surface area contributed by atoms with Crippen LogP contribution in [-0.2, 0) is 11.2 Å². The van der Waals surface area contributed by atoms with E-state index in [2.05, 4.69) is 25.7 Å². The summed E-state index contributed by atoms with van der Waals surface area (Å²) in [5, 5.41) is 19.5. The van der Waals surface area contributed by atoms with Gasteiger partial charge in [0.25, 0.3) is 0 Å². The van der Waals surface area contributed by atoms with E-state index in [1.807, 2.05) is 20.8 Å². The van der Waals surface area contributed by atoms with Gasteiger partial charge in [0.15, 0.2) is 0 Å². The number of aromatic nitrogens is 4. The Hall–Kier alpha value is -1.80. The Kier molecular flexibility index (Phi) is 4.46. The van der Waals surface area contributed by atoms with Crippen molar-refractivity contribution < 1.29 is 4.79 Å². The second kappa shape index (κ2) is 6.10. The number of hydrogen-bond acceptors (Lipinski definition) is 6. The quantitative estimate of drug-likeness (QED) is 0.746. The Labute approximate surface area is 121 Å². The first-order valence-corrected chi connectivity index (χ1v) is 7.14. The Morgan fingerprint density at radius 2 is 2.15 bits per heavy atom. The standard InChI is InChI=1S/C12H18N6OS/c1-6-10(7(2)16-15-6)11(13)12(19)14-5-4-9-18-17-8(3)20-9/h11H,4-5,13H2,1-3H3,(H,14,19)(H,15,16)/t11-/m1/s1. The van der Waals surface area contributed by atoms with E-state index < -0.39 is 6.04 Å². The Morgan fingerprint density at radius 3 is 2.70 bits per heavy atom. The van der Waals surface area contributed by atoms with Crippen LogP contribution in [0.1, 0.15) is 33.0 Å². The van der Waals surface area contributed by atoms with Crippen LogP contribution >= 0.6 is 11.3 Å². The minimum Gasteiger partial charge on any atom is -0.354 e. The summed E-state index contributed by atoms with van der Waals surface area (Å²) in [6.07, 6.45) is 0.660. The minimum atomic E-state index is -0.704. The van der Waals surface area contributed by atoms with E-state index in [1.165, 1.54) is 11.3 Å². The van der Waals surface area contributed by atoms with E-state index in [4.69, 9.17) is 5.73 Å². The van der Waals surface area contributed by atoms with Crippen molar-refractivity contribution in [2.75, 3.05) is 6.54 Å². The monoisotopic (exact) mass is 294 g/mol. The summed E-state index contributed by atoms with van der Waals surface area (Å²) in [4.78, 5) is 12.0. The number of carbonyl (C=O) groups excluding carboxylic acids is 1. The van der Waals surface area contributed by atoms with Crippen LogP contribution in [0.2, 0.25) is 0 Å². The van der Waals surface area contributed by atoms with Crippen molar-refractivity contribution in [1.82, 2.24) is 25.7 Å². The van der Waals surface area contributed by atoms with Crippen LogP contribution in [0.25, 0.3) is 0 Å². The zero-order valence-corrected chi connectivity index (χ0v) is 12.5. The van der Waals surface area contributed by atoms with Gasteiger partial charge in [-0.05, 0) is 20.8 Å². The van der Waals surface area contributed by atoms with Crippen molar-refractivity contribution in [1.29, 1.82) is 0 Å². The van der Waals surface area contributed by atoms with E-state index in [0.717, 1.165) is 27.0 Å². The number of rotatable bonds is 5. The fourth-order valence-electron chi connectivity index (χ4n) is 1.99. The van der Waals surface area contributed by atoms with Crippen molar-refractivity contribution in [2.24, 2.45) is 5.73 Å². The smallest absolute Gasteiger partial charge is 0.241 e. The van der Waals surface area contributed by atoms with Gasteiger partial charge in [-0.15, -0.1) is 21.5 Å². The van der Waals surface area contributed by atoms with Gasteiger partial charge in [-0.1, -0.05) is 0 Å². The lowest BCUT2D eigenvalue weighted by Gasteiger charge is -2.12. The fourth-order valence-corrected chi connectivity index (χ4v) is 2.70. The predicted molar refractivity (Wildman–Crippen MR) is 76.3 cm³/mol. The molecule has 0 fully saturated rings. The van der Waals surface area contributed by atoms with Crippen LogP contribution in [0, 0.1) is 20.8 Å². The van der Waals surface area contributed by atoms with Gasteiger partial charge in [0.05, 0.1) is 5.69 Å². The molecule has 0 radical (unpaired) electrons. The molecule has 0 aliphatic rings. The largest absolute Gasteiger partial charge is 0.354 e. The van der Waals surface area contributed by atoms with Gasteiger partial charge in [-0.25, -0.2) is 0 Å². The lowest BCUT2D eigenvalue weighted by molar-refractivity contribution is -0.122. The highest BCUT2D eigenvalue weighted by Crippen LogP contribution is 2.17. The lowest BCUT2D eigenvalue weighted by atomic mass is 10.1. The van der Waals surface area contributed by atoms with E-state index >= 15 is 0 Å². The molecule has 0 aromatic carbocycles. The number of aromatic amines is 1. The molecule has 2 heterocycles. The second-order valence-electron chi connectivity index (χ2n) is 4.58. The molecule has 0 saturated heterocycles. The average molecular weight is 294 g/mol. The van der Waals surface area contributed by atoms with Crippen molar-refractivity contribution in [3.8, 4) is 0 Å². The van der Waals surface area contributed by atoms with Crippen LogP contribution in [0.15, 0.2) is 0 Å². The molecule has 0 unspecified atom stereocenters. The molecular weight excluding hydrogens is 276 g/mol. The first-order chi connectivity index (χ1) is 9.49. The van der Waals surface area contributed by atoms with Gasteiger partial charge >= 0.3 is 0 Å². The molecule has 2 aromatic rings. The molecule has 2 aromatic heterocycles. The number of H-pyrrole nitrogens is 1. The molecule has 108 valence electrons. The summed E-state index contributed by atoms with van der Waals surface area (Å²) in [5.41, 5.74) is 8.31. The number of aryl methyl sites for hydroxylation is 3. The number of hydrogen-bond donors (Lipinski definition) is 3. The topological polar surface area (TPSA) is 110 Å². The number of nitrogens with two attached hydrogens (primary N) is 1. The molecule has 2 rings (SSSR count). The summed E-state index contributed by atoms with van der Waals surface area (Å²) >= 11 is 1.53. The minimum absolute atomic E-state index is 0.209. The van der Waals surface area contributed by atoms with Crippen LogP contribution in [0.4, 0.5) is 0 Å². The van der Waals surface area contributed by atoms with Gasteiger partial charge in [0.2, 0.25) is 5.91 Å². The van der Waals surface area contributed by atoms with Gasteiger partial charge in [0, 0.05) is 24.2 Å². The normalized spacial score (nSPS) is 12.4. The second-order valence-corrected chi connectivity index (χ2v) is 5.85. The summed E-state index contributed by atoms with van der Waals surface area (Å²) in [5.74, 6) is -0.209. The van der Waals surface area contributed by atoms with Gasteiger partial charge in [-0.2, -0.15) is 5.10 Å². The molecule has 20 heavy (non-hydrogen) atoms. The van der Waals surface area contributed by atoms with E-state index in [0.29, 0.717) is 13.0 Å². The Bertz CT molecular complexity index is 585. The fraction of sp³-hybridized carbons (Fsp3) is 0.500. The maximum atomic E-state index is 12.0. The number of nitrogens with zero attached hydrogens (tertiary/aromatic N) is 3. The highest BCUT2D eigenvalue weighted by Gasteiger charge is 2.21. The molecule has 7 nitrogen and oxygen atoms in total. The van der Waals surface area contributed by atoms with E-state index in [1.54, 1.807) is 0 Å². The molecule has 4 N–H and O–H groups in total. The van der Waals surface area contributed by atoms with Crippen LogP contribution in [0.5, 0.6) is 0 Å². The van der Waals surface area contributed by atoms with E-state index in [-0.39, 0.29) is 5.91 Å². The third-order valence-electron chi connectivity index (χ3n) is 2.98. The van der Waals surface area contributed by atoms with Crippen molar-refractivity contribution in [3.05, 3.63) is 27.0 Å². The van der Waals surface area contributed by atoms with Gasteiger partial charge in [0.1, 0.15) is 16.1 Å². The molecule has 1 atom stereocenters. The average Bonchev–Trinajstić information content (AvgIpc) is 2.95. The summed E-state index contributed by atoms with van der Waals surface area (Å²) in [6, 6.07) is -0.704. The molecule has 0 spiro atoms. The molecule has 0 bridgehead atoms. The summed E-state index contributed by atoms with van der Waals surface area (Å²) < 4.78 is 0. The Morgan fingerprint density at radius 1 is 1.40 bits per heavy atom. The number of carbonyl (C=O) groups is 1. The van der Waals surface area contributed by atoms with Crippen LogP contribution in [-0.4, -0.2) is 32.8 Å².